The van der Waals surface area contributed by atoms with Crippen molar-refractivity contribution in [3.63, 3.8) is 0 Å². The second-order valence-corrected chi connectivity index (χ2v) is 10.5. The van der Waals surface area contributed by atoms with Crippen LogP contribution in [0, 0.1) is 0 Å². The Hall–Kier alpha value is -2.95. The number of hydrogen-bond acceptors (Lipinski definition) is 6. The van der Waals surface area contributed by atoms with Crippen LogP contribution in [0.2, 0.25) is 5.02 Å². The summed E-state index contributed by atoms with van der Waals surface area (Å²) < 4.78 is 32.3. The van der Waals surface area contributed by atoms with Crippen LogP contribution in [0.1, 0.15) is 44.2 Å². The van der Waals surface area contributed by atoms with Crippen molar-refractivity contribution in [1.29, 1.82) is 0 Å². The van der Waals surface area contributed by atoms with Crippen LogP contribution in [0.3, 0.4) is 0 Å². The average Bonchev–Trinajstić information content (AvgIpc) is 2.84. The standard InChI is InChI=1S/C24H28ClN3O6S/c1-17(29)26-21(18-8-4-2-5-9-18)15-24(31)34-16-23(30)27-22-14-19(10-11-20(22)25)35(32,33)28-12-6-3-7-13-28/h2,4-5,8-11,14,21H,3,6-7,12-13,15-16H2,1H3,(H,26,29)(H,27,30)/t21-/m1/s1. The Bertz CT molecular complexity index is 1170. The van der Waals surface area contributed by atoms with E-state index in [-0.39, 0.29) is 27.9 Å². The minimum absolute atomic E-state index is 0.0251. The molecule has 2 amide bonds. The number of ether oxygens (including phenoxy) is 1. The largest absolute Gasteiger partial charge is 0.455 e. The summed E-state index contributed by atoms with van der Waals surface area (Å²) in [5, 5.41) is 5.34. The summed E-state index contributed by atoms with van der Waals surface area (Å²) in [6.07, 6.45) is 2.43. The van der Waals surface area contributed by atoms with Gasteiger partial charge in [-0.05, 0) is 36.6 Å². The second-order valence-electron chi connectivity index (χ2n) is 8.18. The molecule has 1 saturated heterocycles. The Morgan fingerprint density at radius 3 is 2.40 bits per heavy atom. The van der Waals surface area contributed by atoms with Crippen molar-refractivity contribution in [3.05, 3.63) is 59.1 Å². The third-order valence-electron chi connectivity index (χ3n) is 5.48. The molecule has 1 atom stereocenters. The number of sulfonamides is 1. The molecule has 11 heteroatoms. The summed E-state index contributed by atoms with van der Waals surface area (Å²) in [5.41, 5.74) is 0.828. The molecule has 9 nitrogen and oxygen atoms in total. The van der Waals surface area contributed by atoms with Crippen LogP contribution in [0.15, 0.2) is 53.4 Å². The van der Waals surface area contributed by atoms with Crippen molar-refractivity contribution in [2.75, 3.05) is 25.0 Å². The first-order chi connectivity index (χ1) is 16.7. The van der Waals surface area contributed by atoms with E-state index in [1.54, 1.807) is 24.3 Å². The second kappa shape index (κ2) is 12.1. The first kappa shape index (κ1) is 26.7. The Balaban J connectivity index is 1.60. The molecular weight excluding hydrogens is 494 g/mol. The van der Waals surface area contributed by atoms with Crippen LogP contribution in [0.4, 0.5) is 5.69 Å². The maximum Gasteiger partial charge on any atom is 0.308 e. The Labute approximate surface area is 209 Å². The normalized spacial score (nSPS) is 15.1. The molecule has 3 rings (SSSR count). The Kier molecular flexibility index (Phi) is 9.25. The molecular formula is C24H28ClN3O6S. The van der Waals surface area contributed by atoms with Crippen LogP contribution in [0.5, 0.6) is 0 Å². The van der Waals surface area contributed by atoms with Gasteiger partial charge in [0.1, 0.15) is 0 Å². The third-order valence-corrected chi connectivity index (χ3v) is 7.70. The maximum atomic E-state index is 12.9. The molecule has 1 fully saturated rings. The van der Waals surface area contributed by atoms with Crippen LogP contribution in [0.25, 0.3) is 0 Å². The molecule has 0 spiro atoms. The molecule has 1 aliphatic rings. The lowest BCUT2D eigenvalue weighted by molar-refractivity contribution is -0.148. The van der Waals surface area contributed by atoms with Gasteiger partial charge in [0.05, 0.1) is 28.1 Å². The van der Waals surface area contributed by atoms with Crippen molar-refractivity contribution >= 4 is 45.1 Å². The number of esters is 1. The van der Waals surface area contributed by atoms with E-state index in [4.69, 9.17) is 16.3 Å². The number of hydrogen-bond donors (Lipinski definition) is 2. The van der Waals surface area contributed by atoms with E-state index in [0.29, 0.717) is 13.1 Å². The minimum atomic E-state index is -3.71. The lowest BCUT2D eigenvalue weighted by Crippen LogP contribution is -2.35. The summed E-state index contributed by atoms with van der Waals surface area (Å²) >= 11 is 6.15. The quantitative estimate of drug-likeness (QED) is 0.488. The average molecular weight is 522 g/mol. The lowest BCUT2D eigenvalue weighted by Gasteiger charge is -2.26. The predicted molar refractivity (Wildman–Crippen MR) is 131 cm³/mol. The molecule has 2 aromatic rings. The van der Waals surface area contributed by atoms with Gasteiger partial charge < -0.3 is 15.4 Å². The zero-order valence-corrected chi connectivity index (χ0v) is 20.9. The highest BCUT2D eigenvalue weighted by atomic mass is 35.5. The third kappa shape index (κ3) is 7.51. The topological polar surface area (TPSA) is 122 Å². The fourth-order valence-electron chi connectivity index (χ4n) is 3.76. The fraction of sp³-hybridized carbons (Fsp3) is 0.375. The molecule has 1 aliphatic heterocycles. The van der Waals surface area contributed by atoms with Gasteiger partial charge in [0.2, 0.25) is 15.9 Å². The van der Waals surface area contributed by atoms with Crippen LogP contribution in [-0.4, -0.2) is 50.2 Å². The number of amides is 2. The zero-order chi connectivity index (χ0) is 25.4. The maximum absolute atomic E-state index is 12.9. The van der Waals surface area contributed by atoms with Gasteiger partial charge in [0.25, 0.3) is 5.91 Å². The number of benzene rings is 2. The van der Waals surface area contributed by atoms with E-state index >= 15 is 0 Å². The molecule has 2 N–H and O–H groups in total. The van der Waals surface area contributed by atoms with E-state index in [1.807, 2.05) is 6.07 Å². The first-order valence-corrected chi connectivity index (χ1v) is 13.1. The van der Waals surface area contributed by atoms with E-state index in [0.717, 1.165) is 24.8 Å². The van der Waals surface area contributed by atoms with Crippen LogP contribution < -0.4 is 10.6 Å². The molecule has 0 bridgehead atoms. The van der Waals surface area contributed by atoms with Gasteiger partial charge in [-0.25, -0.2) is 8.42 Å². The lowest BCUT2D eigenvalue weighted by atomic mass is 10.0. The van der Waals surface area contributed by atoms with Gasteiger partial charge >= 0.3 is 5.97 Å². The minimum Gasteiger partial charge on any atom is -0.455 e. The molecule has 188 valence electrons. The number of anilines is 1. The number of nitrogens with zero attached hydrogens (tertiary/aromatic N) is 1. The van der Waals surface area contributed by atoms with Gasteiger partial charge in [-0.15, -0.1) is 0 Å². The van der Waals surface area contributed by atoms with E-state index in [9.17, 15) is 22.8 Å². The van der Waals surface area contributed by atoms with Gasteiger partial charge in [-0.2, -0.15) is 4.31 Å². The zero-order valence-electron chi connectivity index (χ0n) is 19.3. The van der Waals surface area contributed by atoms with Crippen LogP contribution >= 0.6 is 11.6 Å². The molecule has 35 heavy (non-hydrogen) atoms. The summed E-state index contributed by atoms with van der Waals surface area (Å²) in [6.45, 7) is 1.65. The first-order valence-electron chi connectivity index (χ1n) is 11.2. The number of piperidine rings is 1. The van der Waals surface area contributed by atoms with Crippen LogP contribution in [-0.2, 0) is 29.1 Å². The van der Waals surface area contributed by atoms with Crippen molar-refractivity contribution < 1.29 is 27.5 Å². The molecule has 0 unspecified atom stereocenters. The Morgan fingerprint density at radius 1 is 1.06 bits per heavy atom. The smallest absolute Gasteiger partial charge is 0.308 e. The number of carbonyl (C=O) groups is 3. The van der Waals surface area contributed by atoms with Gasteiger partial charge in [-0.1, -0.05) is 48.4 Å². The molecule has 0 saturated carbocycles. The highest BCUT2D eigenvalue weighted by Gasteiger charge is 2.27. The van der Waals surface area contributed by atoms with Gasteiger partial charge in [0, 0.05) is 20.0 Å². The van der Waals surface area contributed by atoms with E-state index < -0.39 is 34.5 Å². The van der Waals surface area contributed by atoms with Gasteiger partial charge in [0.15, 0.2) is 6.61 Å². The highest BCUT2D eigenvalue weighted by Crippen LogP contribution is 2.28. The predicted octanol–water partition coefficient (Wildman–Crippen LogP) is 3.26. The van der Waals surface area contributed by atoms with Gasteiger partial charge in [-0.3, -0.25) is 14.4 Å². The van der Waals surface area contributed by atoms with E-state index in [1.165, 1.54) is 29.4 Å². The number of halogens is 1. The summed E-state index contributed by atoms with van der Waals surface area (Å²) in [4.78, 5) is 36.3. The molecule has 2 aromatic carbocycles. The van der Waals surface area contributed by atoms with Crippen molar-refractivity contribution in [1.82, 2.24) is 9.62 Å². The summed E-state index contributed by atoms with van der Waals surface area (Å²) in [7, 11) is -3.71. The number of carbonyl (C=O) groups excluding carboxylic acids is 3. The molecule has 0 aromatic heterocycles. The molecule has 0 aliphatic carbocycles. The molecule has 1 heterocycles. The van der Waals surface area contributed by atoms with E-state index in [2.05, 4.69) is 10.6 Å². The Morgan fingerprint density at radius 2 is 1.74 bits per heavy atom. The SMILES string of the molecule is CC(=O)N[C@H](CC(=O)OCC(=O)Nc1cc(S(=O)(=O)N2CCCCC2)ccc1Cl)c1ccccc1. The fourth-order valence-corrected chi connectivity index (χ4v) is 5.46. The number of rotatable bonds is 9. The summed E-state index contributed by atoms with van der Waals surface area (Å²) in [5.74, 6) is -1.67. The van der Waals surface area contributed by atoms with Crippen molar-refractivity contribution in [3.8, 4) is 0 Å². The van der Waals surface area contributed by atoms with Crippen molar-refractivity contribution in [2.45, 2.75) is 43.5 Å². The monoisotopic (exact) mass is 521 g/mol. The summed E-state index contributed by atoms with van der Waals surface area (Å²) in [6, 6.07) is 12.4. The van der Waals surface area contributed by atoms with Crippen molar-refractivity contribution in [2.24, 2.45) is 0 Å². The number of nitrogens with one attached hydrogen (secondary N) is 2. The molecule has 0 radical (unpaired) electrons. The highest BCUT2D eigenvalue weighted by molar-refractivity contribution is 7.89.